The highest BCUT2D eigenvalue weighted by atomic mass is 79.9. The number of halogens is 1. The van der Waals surface area contributed by atoms with Crippen LogP contribution in [0.3, 0.4) is 0 Å². The maximum Gasteiger partial charge on any atom is 0.254 e. The standard InChI is InChI=1S/C17H16BrNO/c1-12-15(7-4-8-16(12)18)17(20)19-10-9-13-5-2-3-6-14(13)11-19/h2-8H,9-11H2,1H3. The fourth-order valence-electron chi connectivity index (χ4n) is 2.68. The minimum atomic E-state index is 0.123. The molecular weight excluding hydrogens is 314 g/mol. The molecule has 0 aliphatic carbocycles. The summed E-state index contributed by atoms with van der Waals surface area (Å²) in [5.41, 5.74) is 4.43. The van der Waals surface area contributed by atoms with Crippen LogP contribution in [0.2, 0.25) is 0 Å². The van der Waals surface area contributed by atoms with Gasteiger partial charge in [-0.05, 0) is 42.2 Å². The van der Waals surface area contributed by atoms with Crippen LogP contribution in [0.15, 0.2) is 46.9 Å². The van der Waals surface area contributed by atoms with E-state index in [1.165, 1.54) is 11.1 Å². The maximum atomic E-state index is 12.7. The van der Waals surface area contributed by atoms with Gasteiger partial charge in [-0.3, -0.25) is 4.79 Å². The molecule has 2 aromatic carbocycles. The summed E-state index contributed by atoms with van der Waals surface area (Å²) in [5.74, 6) is 0.123. The van der Waals surface area contributed by atoms with Crippen molar-refractivity contribution in [2.75, 3.05) is 6.54 Å². The molecule has 1 aliphatic rings. The average Bonchev–Trinajstić information content (AvgIpc) is 2.49. The number of hydrogen-bond acceptors (Lipinski definition) is 1. The molecule has 0 radical (unpaired) electrons. The van der Waals surface area contributed by atoms with Crippen LogP contribution in [0.25, 0.3) is 0 Å². The van der Waals surface area contributed by atoms with Crippen molar-refractivity contribution in [2.24, 2.45) is 0 Å². The minimum Gasteiger partial charge on any atom is -0.334 e. The molecule has 1 aliphatic heterocycles. The van der Waals surface area contributed by atoms with Gasteiger partial charge in [0.05, 0.1) is 0 Å². The van der Waals surface area contributed by atoms with Crippen molar-refractivity contribution in [2.45, 2.75) is 19.9 Å². The first-order valence-electron chi connectivity index (χ1n) is 6.78. The fraction of sp³-hybridized carbons (Fsp3) is 0.235. The van der Waals surface area contributed by atoms with Gasteiger partial charge in [0.25, 0.3) is 5.91 Å². The van der Waals surface area contributed by atoms with Crippen molar-refractivity contribution in [3.05, 3.63) is 69.2 Å². The minimum absolute atomic E-state index is 0.123. The van der Waals surface area contributed by atoms with Gasteiger partial charge >= 0.3 is 0 Å². The molecule has 2 aromatic rings. The first kappa shape index (κ1) is 13.4. The zero-order valence-corrected chi connectivity index (χ0v) is 13.0. The smallest absolute Gasteiger partial charge is 0.254 e. The van der Waals surface area contributed by atoms with Crippen LogP contribution in [-0.2, 0) is 13.0 Å². The van der Waals surface area contributed by atoms with Crippen LogP contribution in [0.1, 0.15) is 27.0 Å². The summed E-state index contributed by atoms with van der Waals surface area (Å²) in [7, 11) is 0. The lowest BCUT2D eigenvalue weighted by molar-refractivity contribution is 0.0734. The number of rotatable bonds is 1. The second-order valence-corrected chi connectivity index (χ2v) is 6.01. The van der Waals surface area contributed by atoms with Gasteiger partial charge in [-0.1, -0.05) is 46.3 Å². The molecule has 102 valence electrons. The lowest BCUT2D eigenvalue weighted by Gasteiger charge is -2.29. The zero-order valence-electron chi connectivity index (χ0n) is 11.4. The monoisotopic (exact) mass is 329 g/mol. The van der Waals surface area contributed by atoms with Crippen LogP contribution in [0, 0.1) is 6.92 Å². The summed E-state index contributed by atoms with van der Waals surface area (Å²) < 4.78 is 0.987. The molecule has 3 rings (SSSR count). The molecule has 0 atom stereocenters. The Kier molecular flexibility index (Phi) is 3.62. The second kappa shape index (κ2) is 5.41. The number of hydrogen-bond donors (Lipinski definition) is 0. The van der Waals surface area contributed by atoms with E-state index in [9.17, 15) is 4.79 Å². The number of fused-ring (bicyclic) bond motifs is 1. The van der Waals surface area contributed by atoms with Crippen LogP contribution in [-0.4, -0.2) is 17.4 Å². The van der Waals surface area contributed by atoms with Gasteiger partial charge in [0.15, 0.2) is 0 Å². The number of carbonyl (C=O) groups is 1. The van der Waals surface area contributed by atoms with E-state index in [2.05, 4.69) is 34.1 Å². The first-order chi connectivity index (χ1) is 9.66. The van der Waals surface area contributed by atoms with Gasteiger partial charge in [0.1, 0.15) is 0 Å². The summed E-state index contributed by atoms with van der Waals surface area (Å²) in [4.78, 5) is 14.6. The molecule has 20 heavy (non-hydrogen) atoms. The average molecular weight is 330 g/mol. The normalized spacial score (nSPS) is 14.0. The zero-order chi connectivity index (χ0) is 14.1. The van der Waals surface area contributed by atoms with Crippen LogP contribution < -0.4 is 0 Å². The lowest BCUT2D eigenvalue weighted by Crippen LogP contribution is -2.36. The van der Waals surface area contributed by atoms with Crippen LogP contribution in [0.5, 0.6) is 0 Å². The third-order valence-electron chi connectivity index (χ3n) is 3.92. The Bertz CT molecular complexity index is 666. The van der Waals surface area contributed by atoms with Crippen molar-refractivity contribution >= 4 is 21.8 Å². The molecule has 1 heterocycles. The number of carbonyl (C=O) groups excluding carboxylic acids is 1. The Morgan fingerprint density at radius 3 is 2.65 bits per heavy atom. The van der Waals surface area contributed by atoms with Gasteiger partial charge in [-0.25, -0.2) is 0 Å². The molecule has 2 nitrogen and oxygen atoms in total. The molecule has 0 saturated heterocycles. The first-order valence-corrected chi connectivity index (χ1v) is 7.57. The van der Waals surface area contributed by atoms with Gasteiger partial charge in [0, 0.05) is 23.1 Å². The van der Waals surface area contributed by atoms with E-state index in [1.54, 1.807) is 0 Å². The van der Waals surface area contributed by atoms with Crippen molar-refractivity contribution in [3.63, 3.8) is 0 Å². The molecule has 0 bridgehead atoms. The Hall–Kier alpha value is -1.61. The van der Waals surface area contributed by atoms with Gasteiger partial charge < -0.3 is 4.90 Å². The van der Waals surface area contributed by atoms with E-state index in [4.69, 9.17) is 0 Å². The topological polar surface area (TPSA) is 20.3 Å². The molecule has 0 N–H and O–H groups in total. The quantitative estimate of drug-likeness (QED) is 0.775. The molecular formula is C17H16BrNO. The van der Waals surface area contributed by atoms with Crippen LogP contribution in [0.4, 0.5) is 0 Å². The van der Waals surface area contributed by atoms with Crippen molar-refractivity contribution in [1.29, 1.82) is 0 Å². The summed E-state index contributed by atoms with van der Waals surface area (Å²) in [6.45, 7) is 3.48. The Labute approximate surface area is 127 Å². The van der Waals surface area contributed by atoms with Crippen molar-refractivity contribution < 1.29 is 4.79 Å². The Balaban J connectivity index is 1.88. The molecule has 0 saturated carbocycles. The van der Waals surface area contributed by atoms with E-state index in [0.29, 0.717) is 6.54 Å². The van der Waals surface area contributed by atoms with E-state index in [0.717, 1.165) is 28.6 Å². The largest absolute Gasteiger partial charge is 0.334 e. The molecule has 1 amide bonds. The third kappa shape index (κ3) is 2.38. The molecule has 0 spiro atoms. The molecule has 3 heteroatoms. The highest BCUT2D eigenvalue weighted by molar-refractivity contribution is 9.10. The maximum absolute atomic E-state index is 12.7. The number of benzene rings is 2. The molecule has 0 aromatic heterocycles. The summed E-state index contributed by atoms with van der Waals surface area (Å²) >= 11 is 3.49. The van der Waals surface area contributed by atoms with Gasteiger partial charge in [-0.15, -0.1) is 0 Å². The molecule has 0 unspecified atom stereocenters. The van der Waals surface area contributed by atoms with Crippen LogP contribution >= 0.6 is 15.9 Å². The van der Waals surface area contributed by atoms with E-state index in [-0.39, 0.29) is 5.91 Å². The predicted molar refractivity (Wildman–Crippen MR) is 83.8 cm³/mol. The summed E-state index contributed by atoms with van der Waals surface area (Å²) in [6, 6.07) is 14.2. The van der Waals surface area contributed by atoms with E-state index < -0.39 is 0 Å². The third-order valence-corrected chi connectivity index (χ3v) is 4.78. The Morgan fingerprint density at radius 1 is 1.10 bits per heavy atom. The van der Waals surface area contributed by atoms with Crippen molar-refractivity contribution in [3.8, 4) is 0 Å². The summed E-state index contributed by atoms with van der Waals surface area (Å²) in [5, 5.41) is 0. The fourth-order valence-corrected chi connectivity index (χ4v) is 3.04. The van der Waals surface area contributed by atoms with Gasteiger partial charge in [-0.2, -0.15) is 0 Å². The highest BCUT2D eigenvalue weighted by Crippen LogP contribution is 2.24. The summed E-state index contributed by atoms with van der Waals surface area (Å²) in [6.07, 6.45) is 0.939. The number of nitrogens with zero attached hydrogens (tertiary/aromatic N) is 1. The van der Waals surface area contributed by atoms with E-state index in [1.807, 2.05) is 36.1 Å². The second-order valence-electron chi connectivity index (χ2n) is 5.16. The highest BCUT2D eigenvalue weighted by Gasteiger charge is 2.22. The Morgan fingerprint density at radius 2 is 1.85 bits per heavy atom. The lowest BCUT2D eigenvalue weighted by atomic mass is 9.98. The predicted octanol–water partition coefficient (Wildman–Crippen LogP) is 3.96. The number of amides is 1. The SMILES string of the molecule is Cc1c(Br)cccc1C(=O)N1CCc2ccccc2C1. The van der Waals surface area contributed by atoms with E-state index >= 15 is 0 Å². The van der Waals surface area contributed by atoms with Crippen molar-refractivity contribution in [1.82, 2.24) is 4.90 Å². The molecule has 0 fully saturated rings. The van der Waals surface area contributed by atoms with Gasteiger partial charge in [0.2, 0.25) is 0 Å².